The number of hydrogen-bond donors (Lipinski definition) is 0. The lowest BCUT2D eigenvalue weighted by Crippen LogP contribution is -2.30. The Balaban J connectivity index is 4.34. The fourth-order valence-electron chi connectivity index (χ4n) is 8.50. The van der Waals surface area contributed by atoms with E-state index in [4.69, 9.17) is 14.2 Å². The number of esters is 3. The fourth-order valence-corrected chi connectivity index (χ4v) is 8.50. The molecule has 0 radical (unpaired) electrons. The maximum Gasteiger partial charge on any atom is 0.306 e. The van der Waals surface area contributed by atoms with Crippen LogP contribution in [-0.4, -0.2) is 37.2 Å². The van der Waals surface area contributed by atoms with Gasteiger partial charge in [0, 0.05) is 19.3 Å². The summed E-state index contributed by atoms with van der Waals surface area (Å²) in [6.45, 7) is 6.53. The van der Waals surface area contributed by atoms with Gasteiger partial charge in [-0.3, -0.25) is 14.4 Å². The molecular formula is C61H110O6. The third-order valence-corrected chi connectivity index (χ3v) is 12.9. The Morgan fingerprint density at radius 1 is 0.313 bits per heavy atom. The van der Waals surface area contributed by atoms with Crippen LogP contribution in [0.2, 0.25) is 0 Å². The zero-order valence-electron chi connectivity index (χ0n) is 44.7. The largest absolute Gasteiger partial charge is 0.462 e. The van der Waals surface area contributed by atoms with Gasteiger partial charge >= 0.3 is 17.9 Å². The van der Waals surface area contributed by atoms with Crippen molar-refractivity contribution in [3.05, 3.63) is 48.6 Å². The average Bonchev–Trinajstić information content (AvgIpc) is 3.33. The Bertz CT molecular complexity index is 1170. The van der Waals surface area contributed by atoms with Crippen LogP contribution < -0.4 is 0 Å². The van der Waals surface area contributed by atoms with Crippen LogP contribution >= 0.6 is 0 Å². The first kappa shape index (κ1) is 64.4. The highest BCUT2D eigenvalue weighted by atomic mass is 16.6. The number of ether oxygens (including phenoxy) is 3. The molecule has 0 aromatic heterocycles. The summed E-state index contributed by atoms with van der Waals surface area (Å²) < 4.78 is 16.9. The summed E-state index contributed by atoms with van der Waals surface area (Å²) in [5.74, 6) is -0.877. The van der Waals surface area contributed by atoms with E-state index < -0.39 is 6.10 Å². The van der Waals surface area contributed by atoms with Crippen molar-refractivity contribution in [3.8, 4) is 0 Å². The van der Waals surface area contributed by atoms with E-state index in [2.05, 4.69) is 69.4 Å². The molecule has 390 valence electrons. The van der Waals surface area contributed by atoms with Crippen LogP contribution in [0.5, 0.6) is 0 Å². The van der Waals surface area contributed by atoms with Gasteiger partial charge in [-0.15, -0.1) is 0 Å². The first-order valence-electron chi connectivity index (χ1n) is 29.2. The normalized spacial score (nSPS) is 12.3. The van der Waals surface area contributed by atoms with Crippen LogP contribution in [0.25, 0.3) is 0 Å². The van der Waals surface area contributed by atoms with Gasteiger partial charge in [-0.1, -0.05) is 268 Å². The summed E-state index contributed by atoms with van der Waals surface area (Å²) in [6.07, 6.45) is 68.2. The molecule has 6 heteroatoms. The predicted octanol–water partition coefficient (Wildman–Crippen LogP) is 19.4. The van der Waals surface area contributed by atoms with Crippen molar-refractivity contribution in [2.75, 3.05) is 13.2 Å². The van der Waals surface area contributed by atoms with E-state index >= 15 is 0 Å². The number of rotatable bonds is 53. The summed E-state index contributed by atoms with van der Waals surface area (Å²) in [5, 5.41) is 0. The third kappa shape index (κ3) is 54.2. The Labute approximate surface area is 416 Å². The van der Waals surface area contributed by atoms with Gasteiger partial charge in [0.2, 0.25) is 0 Å². The van der Waals surface area contributed by atoms with Crippen molar-refractivity contribution in [1.82, 2.24) is 0 Å². The second kappa shape index (κ2) is 56.0. The van der Waals surface area contributed by atoms with Gasteiger partial charge in [0.15, 0.2) is 6.10 Å². The van der Waals surface area contributed by atoms with Gasteiger partial charge in [-0.2, -0.15) is 0 Å². The SMILES string of the molecule is CC\C=C/C=C\C=C/CCCCCCCCCC(=O)OC(COC(=O)CCCCCCCCC/C=C\CCCCCC)COC(=O)CCCCCCCCCCCCCCCCCCCCC. The Kier molecular flexibility index (Phi) is 53.8. The second-order valence-electron chi connectivity index (χ2n) is 19.6. The molecule has 6 nitrogen and oxygen atoms in total. The van der Waals surface area contributed by atoms with E-state index in [0.29, 0.717) is 19.3 Å². The Morgan fingerprint density at radius 3 is 0.955 bits per heavy atom. The molecule has 0 aliphatic carbocycles. The lowest BCUT2D eigenvalue weighted by Gasteiger charge is -2.18. The van der Waals surface area contributed by atoms with Crippen LogP contribution in [0.3, 0.4) is 0 Å². The molecule has 0 amide bonds. The smallest absolute Gasteiger partial charge is 0.306 e. The topological polar surface area (TPSA) is 78.9 Å². The van der Waals surface area contributed by atoms with Crippen molar-refractivity contribution < 1.29 is 28.6 Å². The summed E-state index contributed by atoms with van der Waals surface area (Å²) in [6, 6.07) is 0. The minimum atomic E-state index is -0.779. The van der Waals surface area contributed by atoms with E-state index in [-0.39, 0.29) is 31.1 Å². The summed E-state index contributed by atoms with van der Waals surface area (Å²) in [5.41, 5.74) is 0. The third-order valence-electron chi connectivity index (χ3n) is 12.9. The quantitative estimate of drug-likeness (QED) is 0.0199. The minimum Gasteiger partial charge on any atom is -0.462 e. The highest BCUT2D eigenvalue weighted by molar-refractivity contribution is 5.71. The predicted molar refractivity (Wildman–Crippen MR) is 289 cm³/mol. The number of carbonyl (C=O) groups is 3. The summed E-state index contributed by atoms with van der Waals surface area (Å²) >= 11 is 0. The van der Waals surface area contributed by atoms with E-state index in [9.17, 15) is 14.4 Å². The van der Waals surface area contributed by atoms with E-state index in [0.717, 1.165) is 70.6 Å². The molecule has 0 aromatic rings. The van der Waals surface area contributed by atoms with Gasteiger partial charge in [-0.25, -0.2) is 0 Å². The van der Waals surface area contributed by atoms with E-state index in [1.54, 1.807) is 0 Å². The first-order valence-corrected chi connectivity index (χ1v) is 29.2. The Morgan fingerprint density at radius 2 is 0.597 bits per heavy atom. The molecule has 0 saturated carbocycles. The molecule has 0 N–H and O–H groups in total. The standard InChI is InChI=1S/C61H110O6/c1-4-7-10-13-16-19-22-25-28-29-30-31-34-36-39-42-45-48-51-54-60(63)66-57-58(67-61(64)55-52-49-46-43-40-37-33-27-24-21-18-15-12-9-6-3)56-65-59(62)53-50-47-44-41-38-35-32-26-23-20-17-14-11-8-5-2/h9,12,15,18,20-21,23-24,58H,4-8,10-11,13-14,16-17,19,22,25-57H2,1-3H3/b12-9-,18-15-,23-20-,24-21-. The maximum absolute atomic E-state index is 12.8. The number of unbranched alkanes of at least 4 members (excludes halogenated alkanes) is 36. The van der Waals surface area contributed by atoms with Crippen molar-refractivity contribution in [1.29, 1.82) is 0 Å². The van der Waals surface area contributed by atoms with E-state index in [1.165, 1.54) is 193 Å². The first-order chi connectivity index (χ1) is 33.0. The van der Waals surface area contributed by atoms with Crippen molar-refractivity contribution in [2.45, 2.75) is 309 Å². The van der Waals surface area contributed by atoms with Crippen LogP contribution in [0.15, 0.2) is 48.6 Å². The molecule has 0 heterocycles. The van der Waals surface area contributed by atoms with Gasteiger partial charge in [0.05, 0.1) is 0 Å². The summed E-state index contributed by atoms with van der Waals surface area (Å²) in [4.78, 5) is 38.2. The lowest BCUT2D eigenvalue weighted by molar-refractivity contribution is -0.167. The minimum absolute atomic E-state index is 0.0763. The second-order valence-corrected chi connectivity index (χ2v) is 19.6. The highest BCUT2D eigenvalue weighted by Crippen LogP contribution is 2.17. The number of allylic oxidation sites excluding steroid dienone is 8. The molecule has 0 aromatic carbocycles. The van der Waals surface area contributed by atoms with Crippen LogP contribution in [0.1, 0.15) is 303 Å². The zero-order valence-corrected chi connectivity index (χ0v) is 44.7. The molecule has 0 saturated heterocycles. The zero-order chi connectivity index (χ0) is 48.6. The maximum atomic E-state index is 12.8. The van der Waals surface area contributed by atoms with Crippen molar-refractivity contribution in [3.63, 3.8) is 0 Å². The van der Waals surface area contributed by atoms with Gasteiger partial charge in [0.25, 0.3) is 0 Å². The van der Waals surface area contributed by atoms with Crippen LogP contribution in [-0.2, 0) is 28.6 Å². The molecule has 0 fully saturated rings. The summed E-state index contributed by atoms with van der Waals surface area (Å²) in [7, 11) is 0. The van der Waals surface area contributed by atoms with Crippen molar-refractivity contribution in [2.24, 2.45) is 0 Å². The average molecular weight is 940 g/mol. The van der Waals surface area contributed by atoms with Gasteiger partial charge < -0.3 is 14.2 Å². The van der Waals surface area contributed by atoms with Crippen molar-refractivity contribution >= 4 is 17.9 Å². The molecular weight excluding hydrogens is 829 g/mol. The fraction of sp³-hybridized carbons (Fsp3) is 0.820. The van der Waals surface area contributed by atoms with Gasteiger partial charge in [-0.05, 0) is 64.2 Å². The molecule has 0 aliphatic rings. The Hall–Kier alpha value is -2.63. The molecule has 0 spiro atoms. The molecule has 0 rings (SSSR count). The lowest BCUT2D eigenvalue weighted by atomic mass is 10.0. The van der Waals surface area contributed by atoms with Gasteiger partial charge in [0.1, 0.15) is 13.2 Å². The monoisotopic (exact) mass is 939 g/mol. The van der Waals surface area contributed by atoms with Crippen LogP contribution in [0.4, 0.5) is 0 Å². The molecule has 0 bridgehead atoms. The molecule has 0 aliphatic heterocycles. The number of carbonyl (C=O) groups excluding carboxylic acids is 3. The molecule has 67 heavy (non-hydrogen) atoms. The number of hydrogen-bond acceptors (Lipinski definition) is 6. The molecule has 1 atom stereocenters. The highest BCUT2D eigenvalue weighted by Gasteiger charge is 2.19. The van der Waals surface area contributed by atoms with Crippen LogP contribution in [0, 0.1) is 0 Å². The molecule has 1 unspecified atom stereocenters. The van der Waals surface area contributed by atoms with E-state index in [1.807, 2.05) is 0 Å².